The summed E-state index contributed by atoms with van der Waals surface area (Å²) in [6.07, 6.45) is 7.20. The van der Waals surface area contributed by atoms with Crippen molar-refractivity contribution in [3.05, 3.63) is 39.6 Å². The number of rotatable bonds is 3. The number of anilines is 1. The Morgan fingerprint density at radius 2 is 2.00 bits per heavy atom. The highest BCUT2D eigenvalue weighted by Crippen LogP contribution is 2.40. The van der Waals surface area contributed by atoms with Gasteiger partial charge in [-0.1, -0.05) is 18.0 Å². The Hall–Kier alpha value is -2.19. The minimum Gasteiger partial charge on any atom is -0.477 e. The Balaban J connectivity index is 0.000000157. The zero-order valence-corrected chi connectivity index (χ0v) is 16.6. The minimum atomic E-state index is -0.445. The lowest BCUT2D eigenvalue weighted by atomic mass is 9.76. The number of aryl methyl sites for hydroxylation is 2. The number of primary amides is 1. The number of amides is 2. The fourth-order valence-corrected chi connectivity index (χ4v) is 3.82. The first-order valence-electron chi connectivity index (χ1n) is 9.24. The number of carbonyl (C=O) groups excluding carboxylic acids is 1. The van der Waals surface area contributed by atoms with Crippen LogP contribution in [0.15, 0.2) is 22.5 Å². The standard InChI is InChI=1S/C11H12N2O.C8H15N3OS/c12-11(14)13-10-8-3-1-6(8)5-7-2-4-9(7)10;1-3-10-11-7(2)4-5-12-8(11)6-13-9/h5H,1-4H2,(H3,12,13,14);3,6-7H,4-5,9H2,1-2H3/b;8-6-,10-3-. The van der Waals surface area contributed by atoms with Gasteiger partial charge in [0.15, 0.2) is 0 Å². The second kappa shape index (κ2) is 8.67. The zero-order chi connectivity index (χ0) is 19.4. The third kappa shape index (κ3) is 4.22. The third-order valence-electron chi connectivity index (χ3n) is 5.10. The number of urea groups is 1. The maximum absolute atomic E-state index is 10.9. The van der Waals surface area contributed by atoms with Gasteiger partial charge >= 0.3 is 6.03 Å². The summed E-state index contributed by atoms with van der Waals surface area (Å²) in [5, 5.41) is 15.9. The number of nitrogens with one attached hydrogen (secondary N) is 1. The summed E-state index contributed by atoms with van der Waals surface area (Å²) in [6.45, 7) is 4.74. The predicted octanol–water partition coefficient (Wildman–Crippen LogP) is 2.88. The number of fused-ring (bicyclic) bond motifs is 2. The molecule has 1 atom stereocenters. The largest absolute Gasteiger partial charge is 0.477 e. The number of hydrazone groups is 1. The molecule has 1 aromatic carbocycles. The molecule has 1 heterocycles. The molecular weight excluding hydrogens is 362 g/mol. The first kappa shape index (κ1) is 19.6. The Labute approximate surface area is 164 Å². The van der Waals surface area contributed by atoms with Crippen molar-refractivity contribution in [2.45, 2.75) is 52.0 Å². The van der Waals surface area contributed by atoms with Crippen LogP contribution in [0.25, 0.3) is 0 Å². The molecule has 0 spiro atoms. The molecule has 2 amide bonds. The van der Waals surface area contributed by atoms with E-state index < -0.39 is 6.03 Å². The van der Waals surface area contributed by atoms with E-state index in [0.717, 1.165) is 62.2 Å². The monoisotopic (exact) mass is 389 g/mol. The molecule has 0 bridgehead atoms. The van der Waals surface area contributed by atoms with Crippen molar-refractivity contribution in [3.63, 3.8) is 0 Å². The summed E-state index contributed by atoms with van der Waals surface area (Å²) in [7, 11) is 0. The predicted molar refractivity (Wildman–Crippen MR) is 110 cm³/mol. The van der Waals surface area contributed by atoms with Crippen LogP contribution in [-0.2, 0) is 30.4 Å². The van der Waals surface area contributed by atoms with Crippen molar-refractivity contribution in [2.24, 2.45) is 16.0 Å². The van der Waals surface area contributed by atoms with Gasteiger partial charge in [-0.25, -0.2) is 9.80 Å². The average molecular weight is 390 g/mol. The van der Waals surface area contributed by atoms with Crippen LogP contribution in [0.4, 0.5) is 10.5 Å². The van der Waals surface area contributed by atoms with Crippen LogP contribution in [0, 0.1) is 0 Å². The molecule has 0 saturated carbocycles. The number of nitrogens with two attached hydrogens (primary N) is 2. The highest BCUT2D eigenvalue weighted by Gasteiger charge is 2.27. The molecule has 27 heavy (non-hydrogen) atoms. The summed E-state index contributed by atoms with van der Waals surface area (Å²) in [5.41, 5.74) is 11.6. The molecule has 146 valence electrons. The molecule has 8 heteroatoms. The van der Waals surface area contributed by atoms with E-state index in [4.69, 9.17) is 15.6 Å². The van der Waals surface area contributed by atoms with Gasteiger partial charge < -0.3 is 15.8 Å². The van der Waals surface area contributed by atoms with E-state index in [1.165, 1.54) is 22.3 Å². The molecular formula is C19H27N5O2S. The molecule has 4 rings (SSSR count). The summed E-state index contributed by atoms with van der Waals surface area (Å²) in [5.74, 6) is 0.740. The van der Waals surface area contributed by atoms with Crippen molar-refractivity contribution in [3.8, 4) is 0 Å². The molecule has 1 aliphatic heterocycles. The van der Waals surface area contributed by atoms with E-state index in [1.807, 2.05) is 11.9 Å². The summed E-state index contributed by atoms with van der Waals surface area (Å²) < 4.78 is 5.43. The first-order valence-corrected chi connectivity index (χ1v) is 10.2. The van der Waals surface area contributed by atoms with Crippen LogP contribution in [0.2, 0.25) is 0 Å². The normalized spacial score (nSPS) is 21.2. The average Bonchev–Trinajstić information content (AvgIpc) is 2.55. The molecule has 1 saturated heterocycles. The number of hydrogen-bond acceptors (Lipinski definition) is 6. The molecule has 0 aromatic heterocycles. The van der Waals surface area contributed by atoms with Crippen LogP contribution in [0.5, 0.6) is 0 Å². The Kier molecular flexibility index (Phi) is 6.28. The van der Waals surface area contributed by atoms with Gasteiger partial charge in [-0.2, -0.15) is 5.10 Å². The van der Waals surface area contributed by atoms with Gasteiger partial charge in [0, 0.05) is 23.7 Å². The van der Waals surface area contributed by atoms with E-state index in [0.29, 0.717) is 6.04 Å². The molecule has 1 aromatic rings. The van der Waals surface area contributed by atoms with Crippen molar-refractivity contribution >= 4 is 29.9 Å². The maximum Gasteiger partial charge on any atom is 0.316 e. The lowest BCUT2D eigenvalue weighted by Gasteiger charge is -2.32. The van der Waals surface area contributed by atoms with E-state index in [-0.39, 0.29) is 0 Å². The topological polar surface area (TPSA) is 106 Å². The summed E-state index contributed by atoms with van der Waals surface area (Å²) in [4.78, 5) is 10.9. The molecule has 0 radical (unpaired) electrons. The summed E-state index contributed by atoms with van der Waals surface area (Å²) >= 11 is 1.14. The first-order chi connectivity index (χ1) is 13.0. The quantitative estimate of drug-likeness (QED) is 0.544. The number of hydrogen-bond donors (Lipinski definition) is 3. The number of ether oxygens (including phenoxy) is 1. The van der Waals surface area contributed by atoms with Crippen LogP contribution in [0.3, 0.4) is 0 Å². The highest BCUT2D eigenvalue weighted by atomic mass is 32.2. The van der Waals surface area contributed by atoms with Gasteiger partial charge in [-0.3, -0.25) is 5.14 Å². The van der Waals surface area contributed by atoms with Crippen LogP contribution in [0.1, 0.15) is 42.5 Å². The van der Waals surface area contributed by atoms with Gasteiger partial charge in [-0.15, -0.1) is 0 Å². The molecule has 2 aliphatic carbocycles. The number of nitrogens with zero attached hydrogens (tertiary/aromatic N) is 2. The Morgan fingerprint density at radius 3 is 2.48 bits per heavy atom. The van der Waals surface area contributed by atoms with Gasteiger partial charge in [-0.05, 0) is 61.8 Å². The van der Waals surface area contributed by atoms with Gasteiger partial charge in [0.25, 0.3) is 0 Å². The SMILES string of the molecule is C/C=N\N1/C(=C/SN)OCCC1C.NC(=O)Nc1c2c(cc3c1CC3)CC2. The van der Waals surface area contributed by atoms with E-state index in [2.05, 4.69) is 23.4 Å². The molecule has 7 nitrogen and oxygen atoms in total. The third-order valence-corrected chi connectivity index (χ3v) is 5.44. The molecule has 5 N–H and O–H groups in total. The van der Waals surface area contributed by atoms with Gasteiger partial charge in [0.2, 0.25) is 5.88 Å². The van der Waals surface area contributed by atoms with E-state index in [9.17, 15) is 4.79 Å². The number of carbonyl (C=O) groups is 1. The molecule has 1 unspecified atom stereocenters. The van der Waals surface area contributed by atoms with Crippen molar-refractivity contribution in [1.29, 1.82) is 0 Å². The van der Waals surface area contributed by atoms with Crippen molar-refractivity contribution in [2.75, 3.05) is 11.9 Å². The van der Waals surface area contributed by atoms with Crippen LogP contribution >= 0.6 is 11.9 Å². The smallest absolute Gasteiger partial charge is 0.316 e. The molecule has 3 aliphatic rings. The Bertz CT molecular complexity index is 748. The summed E-state index contributed by atoms with van der Waals surface area (Å²) in [6, 6.07) is 2.21. The fraction of sp³-hybridized carbons (Fsp3) is 0.474. The van der Waals surface area contributed by atoms with Crippen LogP contribution in [-0.4, -0.2) is 29.9 Å². The van der Waals surface area contributed by atoms with Gasteiger partial charge in [0.05, 0.1) is 12.6 Å². The lowest BCUT2D eigenvalue weighted by Crippen LogP contribution is -2.34. The minimum absolute atomic E-state index is 0.378. The number of benzene rings is 1. The van der Waals surface area contributed by atoms with E-state index in [1.54, 1.807) is 11.6 Å². The second-order valence-corrected chi connectivity index (χ2v) is 7.32. The van der Waals surface area contributed by atoms with Crippen molar-refractivity contribution in [1.82, 2.24) is 5.01 Å². The van der Waals surface area contributed by atoms with Crippen LogP contribution < -0.4 is 16.2 Å². The lowest BCUT2D eigenvalue weighted by molar-refractivity contribution is 0.0339. The zero-order valence-electron chi connectivity index (χ0n) is 15.8. The van der Waals surface area contributed by atoms with E-state index >= 15 is 0 Å². The molecule has 1 fully saturated rings. The Morgan fingerprint density at radius 1 is 1.33 bits per heavy atom. The maximum atomic E-state index is 10.9. The fourth-order valence-electron chi connectivity index (χ4n) is 3.53. The van der Waals surface area contributed by atoms with Gasteiger partial charge in [0.1, 0.15) is 0 Å². The highest BCUT2D eigenvalue weighted by molar-refractivity contribution is 7.99. The van der Waals surface area contributed by atoms with Crippen molar-refractivity contribution < 1.29 is 9.53 Å². The second-order valence-electron chi connectivity index (χ2n) is 6.81.